The zero-order valence-corrected chi connectivity index (χ0v) is 13.6. The van der Waals surface area contributed by atoms with Crippen LogP contribution in [0.3, 0.4) is 0 Å². The minimum Gasteiger partial charge on any atom is -0.494 e. The van der Waals surface area contributed by atoms with Crippen molar-refractivity contribution in [3.63, 3.8) is 0 Å². The highest BCUT2D eigenvalue weighted by Gasteiger charge is 2.12. The van der Waals surface area contributed by atoms with Gasteiger partial charge in [-0.1, -0.05) is 42.5 Å². The van der Waals surface area contributed by atoms with Gasteiger partial charge in [-0.2, -0.15) is 0 Å². The molecule has 1 aromatic rings. The lowest BCUT2D eigenvalue weighted by Gasteiger charge is -2.18. The van der Waals surface area contributed by atoms with Crippen molar-refractivity contribution in [2.24, 2.45) is 0 Å². The summed E-state index contributed by atoms with van der Waals surface area (Å²) in [5, 5.41) is 0. The van der Waals surface area contributed by atoms with E-state index in [0.717, 1.165) is 43.7 Å². The van der Waals surface area contributed by atoms with Gasteiger partial charge in [0, 0.05) is 25.6 Å². The third-order valence-corrected chi connectivity index (χ3v) is 4.01. The average Bonchev–Trinajstić information content (AvgIpc) is 2.74. The summed E-state index contributed by atoms with van der Waals surface area (Å²) in [5.74, 6) is 0.897. The Bertz CT molecular complexity index is 557. The minimum atomic E-state index is 0.174. The predicted octanol–water partition coefficient (Wildman–Crippen LogP) is 3.81. The van der Waals surface area contributed by atoms with Gasteiger partial charge in [0.2, 0.25) is 5.91 Å². The van der Waals surface area contributed by atoms with E-state index in [9.17, 15) is 4.79 Å². The Morgan fingerprint density at radius 2 is 2.00 bits per heavy atom. The fourth-order valence-electron chi connectivity index (χ4n) is 2.72. The molecule has 0 N–H and O–H groups in total. The third-order valence-electron chi connectivity index (χ3n) is 4.01. The van der Waals surface area contributed by atoms with Crippen molar-refractivity contribution in [2.45, 2.75) is 33.1 Å². The van der Waals surface area contributed by atoms with Gasteiger partial charge in [0.1, 0.15) is 5.76 Å². The number of rotatable bonds is 5. The van der Waals surface area contributed by atoms with Crippen LogP contribution in [0.1, 0.15) is 37.8 Å². The van der Waals surface area contributed by atoms with E-state index >= 15 is 0 Å². The van der Waals surface area contributed by atoms with Crippen LogP contribution >= 0.6 is 0 Å². The summed E-state index contributed by atoms with van der Waals surface area (Å²) >= 11 is 0. The maximum absolute atomic E-state index is 11.5. The maximum atomic E-state index is 11.5. The first-order valence-corrected chi connectivity index (χ1v) is 7.94. The van der Waals surface area contributed by atoms with E-state index in [1.54, 1.807) is 6.92 Å². The van der Waals surface area contributed by atoms with Crippen LogP contribution in [0.15, 0.2) is 42.5 Å². The fraction of sp³-hybridized carbons (Fsp3) is 0.421. The highest BCUT2D eigenvalue weighted by atomic mass is 16.5. The first kappa shape index (κ1) is 16.3. The van der Waals surface area contributed by atoms with Crippen molar-refractivity contribution in [3.05, 3.63) is 53.6 Å². The second kappa shape index (κ2) is 7.83. The van der Waals surface area contributed by atoms with E-state index in [1.165, 1.54) is 11.1 Å². The molecular weight excluding hydrogens is 274 g/mol. The Hall–Kier alpha value is -2.03. The summed E-state index contributed by atoms with van der Waals surface area (Å²) in [5.41, 5.74) is 3.74. The zero-order chi connectivity index (χ0) is 15.9. The molecule has 1 aliphatic rings. The molecule has 3 nitrogen and oxygen atoms in total. The smallest absolute Gasteiger partial charge is 0.219 e. The topological polar surface area (TPSA) is 29.5 Å². The largest absolute Gasteiger partial charge is 0.494 e. The van der Waals surface area contributed by atoms with Crippen LogP contribution in [-0.4, -0.2) is 30.5 Å². The van der Waals surface area contributed by atoms with Gasteiger partial charge in [-0.15, -0.1) is 0 Å². The number of ether oxygens (including phenoxy) is 1. The number of carbonyl (C=O) groups excluding carboxylic acids is 1. The highest BCUT2D eigenvalue weighted by Crippen LogP contribution is 2.19. The molecular formula is C19H25NO2. The molecule has 0 saturated heterocycles. The van der Waals surface area contributed by atoms with Crippen LogP contribution in [0.5, 0.6) is 0 Å². The molecule has 0 spiro atoms. The molecule has 1 aliphatic heterocycles. The van der Waals surface area contributed by atoms with Crippen LogP contribution in [0.25, 0.3) is 5.76 Å². The molecule has 0 aliphatic carbocycles. The van der Waals surface area contributed by atoms with Crippen molar-refractivity contribution < 1.29 is 9.53 Å². The fourth-order valence-corrected chi connectivity index (χ4v) is 2.72. The lowest BCUT2D eigenvalue weighted by Crippen LogP contribution is -2.29. The molecule has 0 unspecified atom stereocenters. The molecule has 0 aromatic heterocycles. The van der Waals surface area contributed by atoms with Crippen molar-refractivity contribution >= 4 is 11.7 Å². The summed E-state index contributed by atoms with van der Waals surface area (Å²) < 4.78 is 5.43. The van der Waals surface area contributed by atoms with Crippen molar-refractivity contribution in [1.82, 2.24) is 4.90 Å². The molecule has 0 bridgehead atoms. The van der Waals surface area contributed by atoms with Crippen LogP contribution in [0, 0.1) is 0 Å². The lowest BCUT2D eigenvalue weighted by atomic mass is 10.0. The number of hydrogen-bond acceptors (Lipinski definition) is 2. The molecule has 0 atom stereocenters. The maximum Gasteiger partial charge on any atom is 0.219 e. The summed E-state index contributed by atoms with van der Waals surface area (Å²) in [6, 6.07) is 8.39. The van der Waals surface area contributed by atoms with Crippen molar-refractivity contribution in [3.8, 4) is 0 Å². The Balaban J connectivity index is 1.95. The molecule has 1 aromatic carbocycles. The molecule has 0 fully saturated rings. The number of benzene rings is 1. The first-order chi connectivity index (χ1) is 10.6. The van der Waals surface area contributed by atoms with Gasteiger partial charge in [0.05, 0.1) is 6.61 Å². The van der Waals surface area contributed by atoms with Crippen LogP contribution < -0.4 is 0 Å². The van der Waals surface area contributed by atoms with E-state index in [1.807, 2.05) is 11.8 Å². The third kappa shape index (κ3) is 4.48. The summed E-state index contributed by atoms with van der Waals surface area (Å²) in [6.45, 7) is 9.85. The Morgan fingerprint density at radius 1 is 1.27 bits per heavy atom. The Labute approximate surface area is 133 Å². The predicted molar refractivity (Wildman–Crippen MR) is 90.4 cm³/mol. The Morgan fingerprint density at radius 3 is 2.64 bits per heavy atom. The van der Waals surface area contributed by atoms with Gasteiger partial charge < -0.3 is 9.64 Å². The molecule has 2 rings (SSSR count). The van der Waals surface area contributed by atoms with E-state index in [-0.39, 0.29) is 5.91 Å². The SMILES string of the molecule is C=C(OCC)c1ccc(CC2=CCCN(C(C)=O)CC2)cc1. The lowest BCUT2D eigenvalue weighted by molar-refractivity contribution is -0.128. The van der Waals surface area contributed by atoms with Gasteiger partial charge in [-0.05, 0) is 31.7 Å². The monoisotopic (exact) mass is 299 g/mol. The van der Waals surface area contributed by atoms with E-state index in [2.05, 4.69) is 36.9 Å². The summed E-state index contributed by atoms with van der Waals surface area (Å²) in [7, 11) is 0. The van der Waals surface area contributed by atoms with Crippen LogP contribution in [0.4, 0.5) is 0 Å². The second-order valence-corrected chi connectivity index (χ2v) is 5.64. The van der Waals surface area contributed by atoms with Crippen molar-refractivity contribution in [1.29, 1.82) is 0 Å². The normalized spacial score (nSPS) is 15.0. The van der Waals surface area contributed by atoms with E-state index in [4.69, 9.17) is 4.74 Å². The highest BCUT2D eigenvalue weighted by molar-refractivity contribution is 5.73. The molecule has 118 valence electrons. The summed E-state index contributed by atoms with van der Waals surface area (Å²) in [6.07, 6.45) is 5.16. The number of carbonyl (C=O) groups is 1. The first-order valence-electron chi connectivity index (χ1n) is 7.94. The van der Waals surface area contributed by atoms with Crippen molar-refractivity contribution in [2.75, 3.05) is 19.7 Å². The quantitative estimate of drug-likeness (QED) is 0.611. The van der Waals surface area contributed by atoms with E-state index in [0.29, 0.717) is 6.61 Å². The average molecular weight is 299 g/mol. The molecule has 0 saturated carbocycles. The van der Waals surface area contributed by atoms with Gasteiger partial charge in [0.15, 0.2) is 0 Å². The molecule has 1 amide bonds. The molecule has 0 radical (unpaired) electrons. The minimum absolute atomic E-state index is 0.174. The second-order valence-electron chi connectivity index (χ2n) is 5.64. The molecule has 1 heterocycles. The van der Waals surface area contributed by atoms with Gasteiger partial charge in [-0.25, -0.2) is 0 Å². The summed E-state index contributed by atoms with van der Waals surface area (Å²) in [4.78, 5) is 13.4. The van der Waals surface area contributed by atoms with E-state index < -0.39 is 0 Å². The van der Waals surface area contributed by atoms with Crippen LogP contribution in [0.2, 0.25) is 0 Å². The van der Waals surface area contributed by atoms with Gasteiger partial charge in [-0.3, -0.25) is 4.79 Å². The number of nitrogens with zero attached hydrogens (tertiary/aromatic N) is 1. The van der Waals surface area contributed by atoms with Gasteiger partial charge >= 0.3 is 0 Å². The standard InChI is InChI=1S/C19H25NO2/c1-4-22-15(2)19-9-7-18(8-10-19)14-17-6-5-12-20(13-11-17)16(3)21/h6-10H,2,4-5,11-14H2,1,3H3. The number of amides is 1. The zero-order valence-electron chi connectivity index (χ0n) is 13.6. The molecule has 22 heavy (non-hydrogen) atoms. The van der Waals surface area contributed by atoms with Crippen LogP contribution in [-0.2, 0) is 16.0 Å². The Kier molecular flexibility index (Phi) is 5.82. The number of hydrogen-bond donors (Lipinski definition) is 0. The van der Waals surface area contributed by atoms with Gasteiger partial charge in [0.25, 0.3) is 0 Å². The molecule has 3 heteroatoms.